The Kier molecular flexibility index (Phi) is 4.51. The molecule has 1 aliphatic carbocycles. The van der Waals surface area contributed by atoms with Crippen molar-refractivity contribution in [1.82, 2.24) is 14.9 Å². The lowest BCUT2D eigenvalue weighted by molar-refractivity contribution is -0.135. The van der Waals surface area contributed by atoms with Crippen LogP contribution in [0.4, 0.5) is 0 Å². The predicted molar refractivity (Wildman–Crippen MR) is 108 cm³/mol. The Morgan fingerprint density at radius 3 is 2.68 bits per heavy atom. The lowest BCUT2D eigenvalue weighted by Gasteiger charge is -2.35. The number of amides is 1. The first-order chi connectivity index (χ1) is 13.8. The van der Waals surface area contributed by atoms with Gasteiger partial charge in [0.2, 0.25) is 5.91 Å². The summed E-state index contributed by atoms with van der Waals surface area (Å²) in [6.07, 6.45) is 8.48. The van der Waals surface area contributed by atoms with Crippen molar-refractivity contribution in [3.63, 3.8) is 0 Å². The molecule has 0 radical (unpaired) electrons. The third-order valence-electron chi connectivity index (χ3n) is 6.12. The van der Waals surface area contributed by atoms with E-state index in [-0.39, 0.29) is 17.9 Å². The van der Waals surface area contributed by atoms with Gasteiger partial charge < -0.3 is 14.6 Å². The van der Waals surface area contributed by atoms with Crippen molar-refractivity contribution in [3.05, 3.63) is 60.0 Å². The number of likely N-dealkylation sites (tertiary alicyclic amines) is 1. The number of nitrogens with zero attached hydrogens (tertiary/aromatic N) is 2. The van der Waals surface area contributed by atoms with Gasteiger partial charge in [-0.25, -0.2) is 0 Å². The minimum atomic E-state index is -0.0335. The summed E-state index contributed by atoms with van der Waals surface area (Å²) in [7, 11) is 0. The van der Waals surface area contributed by atoms with Gasteiger partial charge in [-0.3, -0.25) is 9.78 Å². The molecule has 1 atom stereocenters. The van der Waals surface area contributed by atoms with Crippen LogP contribution >= 0.6 is 0 Å². The highest BCUT2D eigenvalue weighted by atomic mass is 16.5. The summed E-state index contributed by atoms with van der Waals surface area (Å²) in [6, 6.07) is 12.2. The van der Waals surface area contributed by atoms with Crippen LogP contribution in [0.1, 0.15) is 42.9 Å². The lowest BCUT2D eigenvalue weighted by Crippen LogP contribution is -2.44. The number of carbonyl (C=O) groups is 1. The predicted octanol–water partition coefficient (Wildman–Crippen LogP) is 4.05. The number of aryl methyl sites for hydroxylation is 1. The third kappa shape index (κ3) is 3.15. The summed E-state index contributed by atoms with van der Waals surface area (Å²) in [4.78, 5) is 22.9. The molecule has 144 valence electrons. The van der Waals surface area contributed by atoms with Gasteiger partial charge in [0.25, 0.3) is 0 Å². The molecule has 5 heteroatoms. The molecule has 2 aliphatic rings. The van der Waals surface area contributed by atoms with Gasteiger partial charge in [-0.05, 0) is 43.0 Å². The molecule has 0 saturated carbocycles. The van der Waals surface area contributed by atoms with E-state index in [0.29, 0.717) is 0 Å². The molecule has 1 aromatic carbocycles. The fourth-order valence-electron chi connectivity index (χ4n) is 4.69. The monoisotopic (exact) mass is 375 g/mol. The number of piperidine rings is 1. The number of aromatic nitrogens is 2. The number of para-hydroxylation sites is 1. The molecule has 3 heterocycles. The second-order valence-electron chi connectivity index (χ2n) is 7.83. The number of benzene rings is 1. The zero-order valence-corrected chi connectivity index (χ0v) is 15.9. The van der Waals surface area contributed by atoms with E-state index in [9.17, 15) is 4.79 Å². The van der Waals surface area contributed by atoms with Crippen molar-refractivity contribution in [1.29, 1.82) is 0 Å². The highest BCUT2D eigenvalue weighted by molar-refractivity contribution is 5.90. The van der Waals surface area contributed by atoms with Gasteiger partial charge in [0, 0.05) is 54.9 Å². The van der Waals surface area contributed by atoms with Crippen LogP contribution in [-0.4, -0.2) is 40.0 Å². The van der Waals surface area contributed by atoms with Gasteiger partial charge in [-0.15, -0.1) is 0 Å². The Balaban J connectivity index is 1.28. The number of aromatic amines is 1. The zero-order chi connectivity index (χ0) is 18.9. The van der Waals surface area contributed by atoms with Gasteiger partial charge >= 0.3 is 0 Å². The molecule has 1 amide bonds. The number of carbonyl (C=O) groups excluding carboxylic acids is 1. The smallest absolute Gasteiger partial charge is 0.231 e. The summed E-state index contributed by atoms with van der Waals surface area (Å²) >= 11 is 0. The van der Waals surface area contributed by atoms with Gasteiger partial charge in [0.15, 0.2) is 0 Å². The molecule has 1 aliphatic heterocycles. The Bertz CT molecular complexity index is 974. The second kappa shape index (κ2) is 7.30. The van der Waals surface area contributed by atoms with Crippen LogP contribution < -0.4 is 4.74 Å². The van der Waals surface area contributed by atoms with Crippen molar-refractivity contribution in [2.24, 2.45) is 0 Å². The van der Waals surface area contributed by atoms with Gasteiger partial charge in [-0.1, -0.05) is 18.2 Å². The van der Waals surface area contributed by atoms with E-state index in [1.807, 2.05) is 17.0 Å². The lowest BCUT2D eigenvalue weighted by atomic mass is 9.85. The van der Waals surface area contributed by atoms with E-state index in [1.165, 1.54) is 10.9 Å². The fraction of sp³-hybridized carbons (Fsp3) is 0.391. The number of nitrogens with one attached hydrogen (secondary N) is 1. The van der Waals surface area contributed by atoms with E-state index in [1.54, 1.807) is 12.4 Å². The van der Waals surface area contributed by atoms with Gasteiger partial charge in [-0.2, -0.15) is 0 Å². The minimum absolute atomic E-state index is 0.0335. The van der Waals surface area contributed by atoms with Crippen molar-refractivity contribution < 1.29 is 9.53 Å². The van der Waals surface area contributed by atoms with E-state index >= 15 is 0 Å². The molecule has 0 spiro atoms. The largest absolute Gasteiger partial charge is 0.490 e. The van der Waals surface area contributed by atoms with Crippen LogP contribution in [0.15, 0.2) is 48.8 Å². The number of pyridine rings is 1. The quantitative estimate of drug-likeness (QED) is 0.751. The molecule has 1 saturated heterocycles. The van der Waals surface area contributed by atoms with Crippen molar-refractivity contribution in [2.75, 3.05) is 13.1 Å². The normalized spacial score (nSPS) is 20.1. The van der Waals surface area contributed by atoms with E-state index < -0.39 is 0 Å². The SMILES string of the molecule is O=C(C1CCCc2c1[nH]c1ccccc21)N1CCC(Oc2ccncc2)CC1. The van der Waals surface area contributed by atoms with E-state index in [4.69, 9.17) is 4.74 Å². The summed E-state index contributed by atoms with van der Waals surface area (Å²) in [5.41, 5.74) is 3.64. The molecular formula is C23H25N3O2. The molecule has 5 nitrogen and oxygen atoms in total. The number of rotatable bonds is 3. The van der Waals surface area contributed by atoms with Gasteiger partial charge in [0.05, 0.1) is 5.92 Å². The summed E-state index contributed by atoms with van der Waals surface area (Å²) in [5.74, 6) is 1.10. The Morgan fingerprint density at radius 2 is 1.86 bits per heavy atom. The maximum atomic E-state index is 13.3. The number of hydrogen-bond donors (Lipinski definition) is 1. The molecule has 1 N–H and O–H groups in total. The summed E-state index contributed by atoms with van der Waals surface area (Å²) in [6.45, 7) is 1.53. The Morgan fingerprint density at radius 1 is 1.07 bits per heavy atom. The molecule has 28 heavy (non-hydrogen) atoms. The average Bonchev–Trinajstić information content (AvgIpc) is 3.13. The van der Waals surface area contributed by atoms with E-state index in [0.717, 1.165) is 62.2 Å². The van der Waals surface area contributed by atoms with Crippen molar-refractivity contribution in [3.8, 4) is 5.75 Å². The maximum Gasteiger partial charge on any atom is 0.231 e. The zero-order valence-electron chi connectivity index (χ0n) is 15.9. The molecule has 2 aromatic heterocycles. The van der Waals surface area contributed by atoms with E-state index in [2.05, 4.69) is 34.2 Å². The first kappa shape index (κ1) is 17.3. The second-order valence-corrected chi connectivity index (χ2v) is 7.83. The average molecular weight is 375 g/mol. The topological polar surface area (TPSA) is 58.2 Å². The highest BCUT2D eigenvalue weighted by Crippen LogP contribution is 2.37. The Hall–Kier alpha value is -2.82. The summed E-state index contributed by atoms with van der Waals surface area (Å²) < 4.78 is 6.04. The van der Waals surface area contributed by atoms with Gasteiger partial charge in [0.1, 0.15) is 11.9 Å². The number of H-pyrrole nitrogens is 1. The van der Waals surface area contributed by atoms with Crippen molar-refractivity contribution in [2.45, 2.75) is 44.1 Å². The molecule has 0 bridgehead atoms. The number of hydrogen-bond acceptors (Lipinski definition) is 3. The first-order valence-electron chi connectivity index (χ1n) is 10.2. The van der Waals surface area contributed by atoms with Crippen LogP contribution in [0.2, 0.25) is 0 Å². The Labute approximate surface area is 164 Å². The number of fused-ring (bicyclic) bond motifs is 3. The van der Waals surface area contributed by atoms with Crippen LogP contribution in [0.5, 0.6) is 5.75 Å². The standard InChI is InChI=1S/C23H25N3O2/c27-23(26-14-10-17(11-15-26)28-16-8-12-24-13-9-16)20-6-3-5-19-18-4-1-2-7-21(18)25-22(19)20/h1-2,4,7-9,12-13,17,20,25H,3,5-6,10-11,14-15H2. The molecule has 3 aromatic rings. The summed E-state index contributed by atoms with van der Waals surface area (Å²) in [5, 5.41) is 1.28. The molecular weight excluding hydrogens is 350 g/mol. The van der Waals surface area contributed by atoms with Crippen LogP contribution in [-0.2, 0) is 11.2 Å². The minimum Gasteiger partial charge on any atom is -0.490 e. The fourth-order valence-corrected chi connectivity index (χ4v) is 4.69. The molecule has 5 rings (SSSR count). The highest BCUT2D eigenvalue weighted by Gasteiger charge is 2.34. The molecule has 1 fully saturated rings. The van der Waals surface area contributed by atoms with Crippen LogP contribution in [0.25, 0.3) is 10.9 Å². The number of ether oxygens (including phenoxy) is 1. The van der Waals surface area contributed by atoms with Crippen molar-refractivity contribution >= 4 is 16.8 Å². The first-order valence-corrected chi connectivity index (χ1v) is 10.2. The van der Waals surface area contributed by atoms with Crippen LogP contribution in [0.3, 0.4) is 0 Å². The maximum absolute atomic E-state index is 13.3. The molecule has 1 unspecified atom stereocenters. The van der Waals surface area contributed by atoms with Crippen LogP contribution in [0, 0.1) is 0 Å². The third-order valence-corrected chi connectivity index (χ3v) is 6.12.